The number of hydrogen-bond donors (Lipinski definition) is 1. The van der Waals surface area contributed by atoms with Gasteiger partial charge < -0.3 is 14.7 Å². The molecule has 6 nitrogen and oxygen atoms in total. The molecule has 0 aromatic heterocycles. The maximum atomic E-state index is 12.2. The Bertz CT molecular complexity index is 565. The summed E-state index contributed by atoms with van der Waals surface area (Å²) in [5.41, 5.74) is 0.607. The Hall–Kier alpha value is -2.39. The highest BCUT2D eigenvalue weighted by Gasteiger charge is 2.24. The molecular weight excluding hydrogens is 260 g/mol. The van der Waals surface area contributed by atoms with Crippen LogP contribution < -0.4 is 0 Å². The van der Waals surface area contributed by atoms with E-state index in [2.05, 4.69) is 0 Å². The maximum absolute atomic E-state index is 12.2. The van der Waals surface area contributed by atoms with Crippen LogP contribution in [0.2, 0.25) is 0 Å². The van der Waals surface area contributed by atoms with Crippen LogP contribution in [0.15, 0.2) is 24.3 Å². The van der Waals surface area contributed by atoms with Crippen LogP contribution in [0.25, 0.3) is 0 Å². The Labute approximate surface area is 116 Å². The lowest BCUT2D eigenvalue weighted by Gasteiger charge is -2.30. The van der Waals surface area contributed by atoms with Gasteiger partial charge in [-0.2, -0.15) is 5.26 Å². The number of aromatic carboxylic acids is 1. The van der Waals surface area contributed by atoms with Gasteiger partial charge in [-0.1, -0.05) is 18.2 Å². The molecule has 1 aromatic carbocycles. The smallest absolute Gasteiger partial charge is 0.335 e. The van der Waals surface area contributed by atoms with Crippen molar-refractivity contribution >= 4 is 11.9 Å². The van der Waals surface area contributed by atoms with Gasteiger partial charge in [-0.05, 0) is 11.6 Å². The first kappa shape index (κ1) is 14.0. The summed E-state index contributed by atoms with van der Waals surface area (Å²) in [5, 5.41) is 17.9. The Morgan fingerprint density at radius 3 is 2.90 bits per heavy atom. The second-order valence-electron chi connectivity index (χ2n) is 4.47. The van der Waals surface area contributed by atoms with E-state index in [1.165, 1.54) is 11.0 Å². The molecule has 6 heteroatoms. The van der Waals surface area contributed by atoms with Gasteiger partial charge in [0.15, 0.2) is 6.10 Å². The molecule has 1 aromatic rings. The number of hydrogen-bond acceptors (Lipinski definition) is 4. The minimum atomic E-state index is -1.05. The molecule has 1 aliphatic rings. The van der Waals surface area contributed by atoms with Crippen molar-refractivity contribution in [2.45, 2.75) is 12.5 Å². The minimum Gasteiger partial charge on any atom is -0.478 e. The quantitative estimate of drug-likeness (QED) is 0.875. The molecule has 0 aliphatic carbocycles. The summed E-state index contributed by atoms with van der Waals surface area (Å²) in [6.45, 7) is 0.974. The number of amides is 1. The highest BCUT2D eigenvalue weighted by atomic mass is 16.5. The molecule has 1 fully saturated rings. The fourth-order valence-electron chi connectivity index (χ4n) is 2.11. The van der Waals surface area contributed by atoms with Crippen LogP contribution in [0.1, 0.15) is 15.9 Å². The molecule has 1 unspecified atom stereocenters. The van der Waals surface area contributed by atoms with E-state index in [1.54, 1.807) is 18.2 Å². The van der Waals surface area contributed by atoms with Gasteiger partial charge in [-0.3, -0.25) is 4.79 Å². The molecule has 104 valence electrons. The molecule has 1 amide bonds. The van der Waals surface area contributed by atoms with Gasteiger partial charge in [-0.15, -0.1) is 0 Å². The van der Waals surface area contributed by atoms with E-state index in [4.69, 9.17) is 15.1 Å². The summed E-state index contributed by atoms with van der Waals surface area (Å²) in [6.07, 6.45) is -0.594. The van der Waals surface area contributed by atoms with Crippen LogP contribution in [-0.2, 0) is 16.0 Å². The van der Waals surface area contributed by atoms with Gasteiger partial charge in [0.1, 0.15) is 0 Å². The summed E-state index contributed by atoms with van der Waals surface area (Å²) in [6, 6.07) is 8.40. The fourth-order valence-corrected chi connectivity index (χ4v) is 2.11. The Balaban J connectivity index is 2.08. The van der Waals surface area contributed by atoms with Gasteiger partial charge in [0, 0.05) is 6.54 Å². The predicted octanol–water partition coefficient (Wildman–Crippen LogP) is 0.678. The van der Waals surface area contributed by atoms with Gasteiger partial charge in [0.2, 0.25) is 5.91 Å². The third kappa shape index (κ3) is 3.13. The van der Waals surface area contributed by atoms with Gasteiger partial charge in [0.25, 0.3) is 0 Å². The highest BCUT2D eigenvalue weighted by molar-refractivity contribution is 5.91. The summed E-state index contributed by atoms with van der Waals surface area (Å²) >= 11 is 0. The second kappa shape index (κ2) is 6.17. The van der Waals surface area contributed by atoms with Crippen molar-refractivity contribution in [2.75, 3.05) is 19.7 Å². The van der Waals surface area contributed by atoms with E-state index >= 15 is 0 Å². The molecule has 1 heterocycles. The zero-order valence-corrected chi connectivity index (χ0v) is 10.8. The molecule has 0 saturated carbocycles. The standard InChI is InChI=1S/C14H14N2O4/c15-8-11-9-16(5-6-20-11)13(17)7-10-3-1-2-4-12(10)14(18)19/h1-4,11H,5-7,9H2,(H,18,19). The van der Waals surface area contributed by atoms with Crippen molar-refractivity contribution in [3.63, 3.8) is 0 Å². The number of ether oxygens (including phenoxy) is 1. The molecule has 0 bridgehead atoms. The summed E-state index contributed by atoms with van der Waals surface area (Å²) in [5.74, 6) is -1.24. The van der Waals surface area contributed by atoms with Gasteiger partial charge in [0.05, 0.1) is 31.2 Å². The van der Waals surface area contributed by atoms with Gasteiger partial charge >= 0.3 is 5.97 Å². The summed E-state index contributed by atoms with van der Waals surface area (Å²) in [4.78, 5) is 24.8. The molecule has 20 heavy (non-hydrogen) atoms. The summed E-state index contributed by atoms with van der Waals surface area (Å²) in [7, 11) is 0. The van der Waals surface area contributed by atoms with Gasteiger partial charge in [-0.25, -0.2) is 4.79 Å². The van der Waals surface area contributed by atoms with Crippen molar-refractivity contribution in [1.29, 1.82) is 5.26 Å². The third-order valence-corrected chi connectivity index (χ3v) is 3.15. The lowest BCUT2D eigenvalue weighted by atomic mass is 10.0. The largest absolute Gasteiger partial charge is 0.478 e. The molecule has 1 aliphatic heterocycles. The van der Waals surface area contributed by atoms with Crippen LogP contribution in [0.4, 0.5) is 0 Å². The maximum Gasteiger partial charge on any atom is 0.335 e. The molecule has 0 radical (unpaired) electrons. The fraction of sp³-hybridized carbons (Fsp3) is 0.357. The molecular formula is C14H14N2O4. The van der Waals surface area contributed by atoms with Crippen LogP contribution >= 0.6 is 0 Å². The molecule has 1 N–H and O–H groups in total. The molecule has 1 saturated heterocycles. The molecule has 0 spiro atoms. The van der Waals surface area contributed by atoms with Crippen LogP contribution in [-0.4, -0.2) is 47.7 Å². The number of carboxylic acids is 1. The number of benzene rings is 1. The molecule has 1 atom stereocenters. The number of nitrogens with zero attached hydrogens (tertiary/aromatic N) is 2. The first-order valence-corrected chi connectivity index (χ1v) is 6.22. The highest BCUT2D eigenvalue weighted by Crippen LogP contribution is 2.13. The zero-order chi connectivity index (χ0) is 14.5. The Morgan fingerprint density at radius 1 is 1.45 bits per heavy atom. The number of morpholine rings is 1. The van der Waals surface area contributed by atoms with Crippen molar-refractivity contribution in [1.82, 2.24) is 4.90 Å². The number of carbonyl (C=O) groups is 2. The van der Waals surface area contributed by atoms with E-state index in [0.29, 0.717) is 18.7 Å². The average molecular weight is 274 g/mol. The van der Waals surface area contributed by atoms with Crippen LogP contribution in [0, 0.1) is 11.3 Å². The molecule has 2 rings (SSSR count). The van der Waals surface area contributed by atoms with Crippen molar-refractivity contribution in [2.24, 2.45) is 0 Å². The van der Waals surface area contributed by atoms with Crippen molar-refractivity contribution in [3.05, 3.63) is 35.4 Å². The number of nitriles is 1. The lowest BCUT2D eigenvalue weighted by Crippen LogP contribution is -2.45. The van der Waals surface area contributed by atoms with E-state index in [9.17, 15) is 9.59 Å². The van der Waals surface area contributed by atoms with Crippen LogP contribution in [0.3, 0.4) is 0 Å². The lowest BCUT2D eigenvalue weighted by molar-refractivity contribution is -0.136. The number of carbonyl (C=O) groups excluding carboxylic acids is 1. The third-order valence-electron chi connectivity index (χ3n) is 3.15. The number of rotatable bonds is 3. The van der Waals surface area contributed by atoms with E-state index in [-0.39, 0.29) is 24.4 Å². The van der Waals surface area contributed by atoms with Crippen molar-refractivity contribution in [3.8, 4) is 6.07 Å². The average Bonchev–Trinajstić information content (AvgIpc) is 2.47. The van der Waals surface area contributed by atoms with Crippen molar-refractivity contribution < 1.29 is 19.4 Å². The first-order chi connectivity index (χ1) is 9.61. The van der Waals surface area contributed by atoms with E-state index in [1.807, 2.05) is 6.07 Å². The summed E-state index contributed by atoms with van der Waals surface area (Å²) < 4.78 is 5.17. The first-order valence-electron chi connectivity index (χ1n) is 6.22. The monoisotopic (exact) mass is 274 g/mol. The Kier molecular flexibility index (Phi) is 4.33. The zero-order valence-electron chi connectivity index (χ0n) is 10.8. The van der Waals surface area contributed by atoms with E-state index in [0.717, 1.165) is 0 Å². The number of carboxylic acid groups (broad SMARTS) is 1. The Morgan fingerprint density at radius 2 is 2.20 bits per heavy atom. The predicted molar refractivity (Wildman–Crippen MR) is 69.0 cm³/mol. The normalized spacial score (nSPS) is 18.4. The van der Waals surface area contributed by atoms with Crippen LogP contribution in [0.5, 0.6) is 0 Å². The second-order valence-corrected chi connectivity index (χ2v) is 4.47. The topological polar surface area (TPSA) is 90.6 Å². The minimum absolute atomic E-state index is 0.0145. The van der Waals surface area contributed by atoms with E-state index < -0.39 is 12.1 Å². The SMILES string of the molecule is N#CC1CN(C(=O)Cc2ccccc2C(=O)O)CCO1.